The molecule has 1 heterocycles. The van der Waals surface area contributed by atoms with Crippen molar-refractivity contribution in [1.82, 2.24) is 9.88 Å². The van der Waals surface area contributed by atoms with Gasteiger partial charge in [0.25, 0.3) is 0 Å². The van der Waals surface area contributed by atoms with E-state index in [2.05, 4.69) is 4.98 Å². The number of carbonyl (C=O) groups excluding carboxylic acids is 1. The van der Waals surface area contributed by atoms with Crippen molar-refractivity contribution in [1.29, 1.82) is 0 Å². The Kier molecular flexibility index (Phi) is 3.60. The summed E-state index contributed by atoms with van der Waals surface area (Å²) in [6.45, 7) is 0.268. The minimum absolute atomic E-state index is 0.00649. The molecule has 0 spiro atoms. The Morgan fingerprint density at radius 2 is 2.33 bits per heavy atom. The second-order valence-corrected chi connectivity index (χ2v) is 4.64. The van der Waals surface area contributed by atoms with Crippen molar-refractivity contribution in [2.45, 2.75) is 18.8 Å². The molecule has 1 saturated carbocycles. The predicted octanol–water partition coefficient (Wildman–Crippen LogP) is 1.12. The summed E-state index contributed by atoms with van der Waals surface area (Å²) in [5.41, 5.74) is 1.09. The van der Waals surface area contributed by atoms with Crippen molar-refractivity contribution >= 4 is 11.9 Å². The highest BCUT2D eigenvalue weighted by molar-refractivity contribution is 5.83. The molecule has 5 nitrogen and oxygen atoms in total. The van der Waals surface area contributed by atoms with Crippen LogP contribution in [-0.4, -0.2) is 40.5 Å². The van der Waals surface area contributed by atoms with Crippen LogP contribution in [0.2, 0.25) is 0 Å². The third kappa shape index (κ3) is 2.85. The number of carboxylic acids is 1. The lowest BCUT2D eigenvalue weighted by Crippen LogP contribution is -2.30. The molecule has 1 aliphatic rings. The Morgan fingerprint density at radius 3 is 2.94 bits per heavy atom. The van der Waals surface area contributed by atoms with Crippen LogP contribution in [0.4, 0.5) is 0 Å². The summed E-state index contributed by atoms with van der Waals surface area (Å²) in [6, 6.07) is 3.84. The van der Waals surface area contributed by atoms with Gasteiger partial charge in [-0.1, -0.05) is 6.07 Å². The molecule has 18 heavy (non-hydrogen) atoms. The SMILES string of the molecule is CN(CCC(=O)O)C(=O)[C@@H]1C[C@@H]1c1cccnc1. The van der Waals surface area contributed by atoms with Crippen LogP contribution < -0.4 is 0 Å². The highest BCUT2D eigenvalue weighted by Crippen LogP contribution is 2.48. The van der Waals surface area contributed by atoms with E-state index >= 15 is 0 Å². The first-order valence-corrected chi connectivity index (χ1v) is 5.96. The van der Waals surface area contributed by atoms with E-state index in [4.69, 9.17) is 5.11 Å². The number of amides is 1. The van der Waals surface area contributed by atoms with E-state index in [1.807, 2.05) is 12.1 Å². The van der Waals surface area contributed by atoms with Crippen LogP contribution in [0.1, 0.15) is 24.3 Å². The molecule has 96 valence electrons. The monoisotopic (exact) mass is 248 g/mol. The Hall–Kier alpha value is -1.91. The number of carbonyl (C=O) groups is 2. The number of nitrogens with zero attached hydrogens (tertiary/aromatic N) is 2. The van der Waals surface area contributed by atoms with Gasteiger partial charge in [-0.2, -0.15) is 0 Å². The zero-order chi connectivity index (χ0) is 13.1. The second kappa shape index (κ2) is 5.16. The summed E-state index contributed by atoms with van der Waals surface area (Å²) in [5.74, 6) is -0.606. The van der Waals surface area contributed by atoms with E-state index < -0.39 is 5.97 Å². The molecule has 2 atom stereocenters. The fourth-order valence-corrected chi connectivity index (χ4v) is 2.09. The van der Waals surface area contributed by atoms with E-state index in [0.29, 0.717) is 0 Å². The van der Waals surface area contributed by atoms with Crippen molar-refractivity contribution in [3.05, 3.63) is 30.1 Å². The Bertz CT molecular complexity index is 447. The van der Waals surface area contributed by atoms with Crippen LogP contribution in [0.3, 0.4) is 0 Å². The average Bonchev–Trinajstić information content (AvgIpc) is 3.16. The van der Waals surface area contributed by atoms with Crippen LogP contribution >= 0.6 is 0 Å². The maximum Gasteiger partial charge on any atom is 0.305 e. The third-order valence-electron chi connectivity index (χ3n) is 3.26. The first-order valence-electron chi connectivity index (χ1n) is 5.96. The van der Waals surface area contributed by atoms with E-state index in [1.165, 1.54) is 4.90 Å². The number of hydrogen-bond donors (Lipinski definition) is 1. The summed E-state index contributed by atoms with van der Waals surface area (Å²) in [4.78, 5) is 28.0. The largest absolute Gasteiger partial charge is 0.481 e. The fourth-order valence-electron chi connectivity index (χ4n) is 2.09. The molecule has 1 aromatic heterocycles. The van der Waals surface area contributed by atoms with Crippen molar-refractivity contribution < 1.29 is 14.7 Å². The average molecular weight is 248 g/mol. The molecule has 0 bridgehead atoms. The van der Waals surface area contributed by atoms with Gasteiger partial charge in [0.15, 0.2) is 0 Å². The van der Waals surface area contributed by atoms with Gasteiger partial charge in [-0.15, -0.1) is 0 Å². The van der Waals surface area contributed by atoms with E-state index in [9.17, 15) is 9.59 Å². The lowest BCUT2D eigenvalue weighted by Gasteiger charge is -2.15. The van der Waals surface area contributed by atoms with Crippen LogP contribution in [-0.2, 0) is 9.59 Å². The minimum Gasteiger partial charge on any atom is -0.481 e. The number of aromatic nitrogens is 1. The Morgan fingerprint density at radius 1 is 1.56 bits per heavy atom. The number of carboxylic acid groups (broad SMARTS) is 1. The molecule has 1 aromatic rings. The van der Waals surface area contributed by atoms with E-state index in [-0.39, 0.29) is 30.7 Å². The Balaban J connectivity index is 1.87. The lowest BCUT2D eigenvalue weighted by molar-refractivity contribution is -0.138. The molecule has 0 radical (unpaired) electrons. The topological polar surface area (TPSA) is 70.5 Å². The molecule has 1 fully saturated rings. The second-order valence-electron chi connectivity index (χ2n) is 4.64. The van der Waals surface area contributed by atoms with Gasteiger partial charge in [0.2, 0.25) is 5.91 Å². The Labute approximate surface area is 105 Å². The van der Waals surface area contributed by atoms with Crippen molar-refractivity contribution in [3.63, 3.8) is 0 Å². The lowest BCUT2D eigenvalue weighted by atomic mass is 10.1. The highest BCUT2D eigenvalue weighted by Gasteiger charge is 2.45. The first-order chi connectivity index (χ1) is 8.59. The maximum absolute atomic E-state index is 12.0. The normalized spacial score (nSPS) is 21.4. The number of hydrogen-bond acceptors (Lipinski definition) is 3. The molecule has 2 rings (SSSR count). The van der Waals surface area contributed by atoms with Crippen molar-refractivity contribution in [2.75, 3.05) is 13.6 Å². The smallest absolute Gasteiger partial charge is 0.305 e. The molecule has 1 N–H and O–H groups in total. The van der Waals surface area contributed by atoms with E-state index in [0.717, 1.165) is 12.0 Å². The summed E-state index contributed by atoms with van der Waals surface area (Å²) in [6.07, 6.45) is 4.32. The quantitative estimate of drug-likeness (QED) is 0.847. The maximum atomic E-state index is 12.0. The molecular weight excluding hydrogens is 232 g/mol. The van der Waals surface area contributed by atoms with Gasteiger partial charge >= 0.3 is 5.97 Å². The van der Waals surface area contributed by atoms with Gasteiger partial charge in [0, 0.05) is 31.9 Å². The molecule has 5 heteroatoms. The van der Waals surface area contributed by atoms with Gasteiger partial charge in [-0.05, 0) is 24.0 Å². The van der Waals surface area contributed by atoms with Gasteiger partial charge in [0.05, 0.1) is 6.42 Å². The van der Waals surface area contributed by atoms with Crippen LogP contribution in [0, 0.1) is 5.92 Å². The van der Waals surface area contributed by atoms with E-state index in [1.54, 1.807) is 19.4 Å². The molecule has 1 aliphatic carbocycles. The van der Waals surface area contributed by atoms with Gasteiger partial charge in [-0.25, -0.2) is 0 Å². The minimum atomic E-state index is -0.880. The van der Waals surface area contributed by atoms with Gasteiger partial charge in [-0.3, -0.25) is 14.6 Å². The zero-order valence-electron chi connectivity index (χ0n) is 10.2. The van der Waals surface area contributed by atoms with Gasteiger partial charge in [0.1, 0.15) is 0 Å². The first kappa shape index (κ1) is 12.5. The molecular formula is C13H16N2O3. The number of rotatable bonds is 5. The number of aliphatic carboxylic acids is 1. The van der Waals surface area contributed by atoms with Crippen LogP contribution in [0.15, 0.2) is 24.5 Å². The van der Waals surface area contributed by atoms with Crippen molar-refractivity contribution in [3.8, 4) is 0 Å². The molecule has 0 saturated heterocycles. The van der Waals surface area contributed by atoms with Gasteiger partial charge < -0.3 is 10.0 Å². The zero-order valence-corrected chi connectivity index (χ0v) is 10.2. The van der Waals surface area contributed by atoms with Crippen LogP contribution in [0.25, 0.3) is 0 Å². The standard InChI is InChI=1S/C13H16N2O3/c1-15(6-4-12(16)17)13(18)11-7-10(11)9-3-2-5-14-8-9/h2-3,5,8,10-11H,4,6-7H2,1H3,(H,16,17)/t10-,11-/m1/s1. The highest BCUT2D eigenvalue weighted by atomic mass is 16.4. The number of pyridine rings is 1. The molecule has 0 unspecified atom stereocenters. The summed E-state index contributed by atoms with van der Waals surface area (Å²) in [7, 11) is 1.66. The fraction of sp³-hybridized carbons (Fsp3) is 0.462. The molecule has 1 amide bonds. The summed E-state index contributed by atoms with van der Waals surface area (Å²) >= 11 is 0. The van der Waals surface area contributed by atoms with Crippen molar-refractivity contribution in [2.24, 2.45) is 5.92 Å². The summed E-state index contributed by atoms with van der Waals surface area (Å²) in [5, 5.41) is 8.58. The van der Waals surface area contributed by atoms with Crippen LogP contribution in [0.5, 0.6) is 0 Å². The molecule has 0 aliphatic heterocycles. The third-order valence-corrected chi connectivity index (χ3v) is 3.26. The predicted molar refractivity (Wildman–Crippen MR) is 65.0 cm³/mol. The molecule has 0 aromatic carbocycles. The summed E-state index contributed by atoms with van der Waals surface area (Å²) < 4.78 is 0.